The molecule has 1 aliphatic rings. The molecule has 0 amide bonds. The first-order chi connectivity index (χ1) is 9.83. The Labute approximate surface area is 132 Å². The Morgan fingerprint density at radius 2 is 1.67 bits per heavy atom. The minimum absolute atomic E-state index is 0.0701. The molecule has 1 fully saturated rings. The summed E-state index contributed by atoms with van der Waals surface area (Å²) < 4.78 is 17.5. The maximum atomic E-state index is 6.18. The van der Waals surface area contributed by atoms with Crippen LogP contribution in [-0.4, -0.2) is 34.4 Å². The summed E-state index contributed by atoms with van der Waals surface area (Å²) in [6.07, 6.45) is 8.36. The van der Waals surface area contributed by atoms with Crippen LogP contribution in [0.1, 0.15) is 65.7 Å². The molecule has 0 aromatic rings. The molecule has 1 unspecified atom stereocenters. The van der Waals surface area contributed by atoms with Crippen molar-refractivity contribution in [3.05, 3.63) is 0 Å². The van der Waals surface area contributed by atoms with E-state index < -0.39 is 8.32 Å². The van der Waals surface area contributed by atoms with E-state index in [9.17, 15) is 0 Å². The van der Waals surface area contributed by atoms with Crippen LogP contribution in [0.25, 0.3) is 0 Å². The van der Waals surface area contributed by atoms with Gasteiger partial charge in [-0.2, -0.15) is 0 Å². The molecule has 0 saturated carbocycles. The summed E-state index contributed by atoms with van der Waals surface area (Å²) in [6.45, 7) is 14.2. The number of unbranched alkanes of at least 4 members (excludes halogenated alkanes) is 3. The highest BCUT2D eigenvalue weighted by molar-refractivity contribution is 6.74. The highest BCUT2D eigenvalue weighted by Gasteiger charge is 2.36. The van der Waals surface area contributed by atoms with Crippen molar-refractivity contribution >= 4 is 8.32 Å². The van der Waals surface area contributed by atoms with Gasteiger partial charge in [0.25, 0.3) is 0 Å². The Bertz CT molecular complexity index is 268. The van der Waals surface area contributed by atoms with Gasteiger partial charge in [0.1, 0.15) is 0 Å². The lowest BCUT2D eigenvalue weighted by molar-refractivity contribution is -0.162. The zero-order valence-electron chi connectivity index (χ0n) is 14.9. The molecule has 0 aromatic carbocycles. The smallest absolute Gasteiger partial charge is 0.191 e. The first kappa shape index (κ1) is 19.1. The van der Waals surface area contributed by atoms with Gasteiger partial charge < -0.3 is 13.9 Å². The van der Waals surface area contributed by atoms with E-state index in [-0.39, 0.29) is 6.29 Å². The summed E-state index contributed by atoms with van der Waals surface area (Å²) in [5.74, 6) is 0. The van der Waals surface area contributed by atoms with Gasteiger partial charge in [-0.05, 0) is 50.2 Å². The molecule has 0 bridgehead atoms. The molecule has 1 saturated heterocycles. The molecule has 21 heavy (non-hydrogen) atoms. The van der Waals surface area contributed by atoms with E-state index >= 15 is 0 Å². The molecule has 3 nitrogen and oxygen atoms in total. The second-order valence-corrected chi connectivity index (χ2v) is 12.5. The molecule has 0 aromatic heterocycles. The van der Waals surface area contributed by atoms with Crippen LogP contribution in [0.2, 0.25) is 18.1 Å². The summed E-state index contributed by atoms with van der Waals surface area (Å²) in [6, 6.07) is 0. The number of hydrogen-bond donors (Lipinski definition) is 0. The minimum atomic E-state index is -1.54. The zero-order chi connectivity index (χ0) is 15.8. The summed E-state index contributed by atoms with van der Waals surface area (Å²) in [7, 11) is -1.54. The van der Waals surface area contributed by atoms with Gasteiger partial charge in [0.2, 0.25) is 0 Å². The maximum Gasteiger partial charge on any atom is 0.191 e. The molecule has 1 atom stereocenters. The molecule has 0 spiro atoms. The van der Waals surface area contributed by atoms with Crippen molar-refractivity contribution < 1.29 is 13.9 Å². The molecule has 126 valence electrons. The third kappa shape index (κ3) is 7.77. The average Bonchev–Trinajstić information content (AvgIpc) is 2.41. The maximum absolute atomic E-state index is 6.18. The predicted octanol–water partition coefficient (Wildman–Crippen LogP) is 5.11. The molecule has 1 heterocycles. The van der Waals surface area contributed by atoms with E-state index in [4.69, 9.17) is 13.9 Å². The van der Waals surface area contributed by atoms with Crippen LogP contribution in [0, 0.1) is 0 Å². The SMILES string of the molecule is CC(C)(C)[Si](C)(C)OCCCCCCOC1CCCCO1. The number of ether oxygens (including phenoxy) is 2. The lowest BCUT2D eigenvalue weighted by Gasteiger charge is -2.36. The Morgan fingerprint density at radius 1 is 1.00 bits per heavy atom. The van der Waals surface area contributed by atoms with E-state index in [1.807, 2.05) is 0 Å². The average molecular weight is 317 g/mol. The van der Waals surface area contributed by atoms with Gasteiger partial charge in [-0.3, -0.25) is 0 Å². The van der Waals surface area contributed by atoms with E-state index in [2.05, 4.69) is 33.9 Å². The molecular weight excluding hydrogens is 280 g/mol. The third-order valence-electron chi connectivity index (χ3n) is 4.75. The molecule has 1 aliphatic heterocycles. The minimum Gasteiger partial charge on any atom is -0.417 e. The van der Waals surface area contributed by atoms with Gasteiger partial charge in [0.05, 0.1) is 0 Å². The molecule has 4 heteroatoms. The van der Waals surface area contributed by atoms with Crippen molar-refractivity contribution in [2.75, 3.05) is 19.8 Å². The predicted molar refractivity (Wildman–Crippen MR) is 91.2 cm³/mol. The van der Waals surface area contributed by atoms with Crippen molar-refractivity contribution in [3.8, 4) is 0 Å². The van der Waals surface area contributed by atoms with Crippen LogP contribution in [-0.2, 0) is 13.9 Å². The summed E-state index contributed by atoms with van der Waals surface area (Å²) >= 11 is 0. The Kier molecular flexibility index (Phi) is 8.46. The highest BCUT2D eigenvalue weighted by atomic mass is 28.4. The molecular formula is C17H36O3Si. The number of hydrogen-bond acceptors (Lipinski definition) is 3. The fourth-order valence-electron chi connectivity index (χ4n) is 2.16. The molecule has 0 radical (unpaired) electrons. The van der Waals surface area contributed by atoms with Crippen LogP contribution < -0.4 is 0 Å². The van der Waals surface area contributed by atoms with Gasteiger partial charge in [-0.25, -0.2) is 0 Å². The Hall–Kier alpha value is 0.0969. The van der Waals surface area contributed by atoms with Gasteiger partial charge >= 0.3 is 0 Å². The van der Waals surface area contributed by atoms with E-state index in [0.717, 1.165) is 32.7 Å². The molecule has 0 N–H and O–H groups in total. The van der Waals surface area contributed by atoms with Crippen molar-refractivity contribution in [1.29, 1.82) is 0 Å². The summed E-state index contributed by atoms with van der Waals surface area (Å²) in [5, 5.41) is 0.320. The van der Waals surface area contributed by atoms with Crippen LogP contribution in [0.15, 0.2) is 0 Å². The second-order valence-electron chi connectivity index (χ2n) is 7.69. The van der Waals surface area contributed by atoms with Gasteiger partial charge in [-0.1, -0.05) is 33.6 Å². The second kappa shape index (κ2) is 9.28. The van der Waals surface area contributed by atoms with Crippen molar-refractivity contribution in [2.24, 2.45) is 0 Å². The normalized spacial score (nSPS) is 20.7. The van der Waals surface area contributed by atoms with Crippen LogP contribution in [0.4, 0.5) is 0 Å². The quantitative estimate of drug-likeness (QED) is 0.437. The van der Waals surface area contributed by atoms with Crippen molar-refractivity contribution in [3.63, 3.8) is 0 Å². The lowest BCUT2D eigenvalue weighted by atomic mass is 10.2. The van der Waals surface area contributed by atoms with Gasteiger partial charge in [0.15, 0.2) is 14.6 Å². The lowest BCUT2D eigenvalue weighted by Crippen LogP contribution is -2.40. The van der Waals surface area contributed by atoms with Gasteiger partial charge in [0, 0.05) is 19.8 Å². The largest absolute Gasteiger partial charge is 0.417 e. The molecule has 0 aliphatic carbocycles. The van der Waals surface area contributed by atoms with Crippen molar-refractivity contribution in [1.82, 2.24) is 0 Å². The Balaban J connectivity index is 1.93. The van der Waals surface area contributed by atoms with Gasteiger partial charge in [-0.15, -0.1) is 0 Å². The standard InChI is InChI=1S/C17H36O3Si/c1-17(2,3)21(4,5)20-15-10-7-6-9-13-18-16-12-8-11-14-19-16/h16H,6-15H2,1-5H3. The third-order valence-corrected chi connectivity index (χ3v) is 9.29. The van der Waals surface area contributed by atoms with Crippen molar-refractivity contribution in [2.45, 2.75) is 90.1 Å². The summed E-state index contributed by atoms with van der Waals surface area (Å²) in [4.78, 5) is 0. The number of rotatable bonds is 9. The van der Waals surface area contributed by atoms with Crippen LogP contribution in [0.5, 0.6) is 0 Å². The first-order valence-corrected chi connectivity index (χ1v) is 11.6. The highest BCUT2D eigenvalue weighted by Crippen LogP contribution is 2.36. The first-order valence-electron chi connectivity index (χ1n) is 8.70. The van der Waals surface area contributed by atoms with E-state index in [1.54, 1.807) is 0 Å². The van der Waals surface area contributed by atoms with Crippen LogP contribution in [0.3, 0.4) is 0 Å². The summed E-state index contributed by atoms with van der Waals surface area (Å²) in [5.41, 5.74) is 0. The monoisotopic (exact) mass is 316 g/mol. The Morgan fingerprint density at radius 3 is 2.24 bits per heavy atom. The topological polar surface area (TPSA) is 27.7 Å². The molecule has 1 rings (SSSR count). The van der Waals surface area contributed by atoms with E-state index in [0.29, 0.717) is 5.04 Å². The fourth-order valence-corrected chi connectivity index (χ4v) is 3.25. The zero-order valence-corrected chi connectivity index (χ0v) is 15.9. The van der Waals surface area contributed by atoms with Crippen LogP contribution >= 0.6 is 0 Å². The fraction of sp³-hybridized carbons (Fsp3) is 1.00. The van der Waals surface area contributed by atoms with E-state index in [1.165, 1.54) is 32.1 Å².